The molecule has 2 N–H and O–H groups in total. The Morgan fingerprint density at radius 1 is 1.04 bits per heavy atom. The lowest BCUT2D eigenvalue weighted by molar-refractivity contribution is -0.118. The number of anilines is 1. The summed E-state index contributed by atoms with van der Waals surface area (Å²) in [4.78, 5) is 23.5. The van der Waals surface area contributed by atoms with E-state index < -0.39 is 0 Å². The van der Waals surface area contributed by atoms with Crippen molar-refractivity contribution in [1.82, 2.24) is 5.32 Å². The van der Waals surface area contributed by atoms with E-state index >= 15 is 0 Å². The minimum atomic E-state index is -0.302. The van der Waals surface area contributed by atoms with Crippen LogP contribution in [-0.4, -0.2) is 32.6 Å². The predicted octanol–water partition coefficient (Wildman–Crippen LogP) is 2.07. The summed E-state index contributed by atoms with van der Waals surface area (Å²) in [5.74, 6) is 0.591. The molecule has 0 atom stereocenters. The molecule has 2 aromatic carbocycles. The van der Waals surface area contributed by atoms with E-state index in [-0.39, 0.29) is 18.4 Å². The third kappa shape index (κ3) is 4.74. The number of carbonyl (C=O) groups excluding carboxylic acids is 2. The molecule has 0 saturated heterocycles. The lowest BCUT2D eigenvalue weighted by Gasteiger charge is -2.09. The first kappa shape index (κ1) is 16.4. The lowest BCUT2D eigenvalue weighted by Crippen LogP contribution is -2.20. The average molecular weight is 314 g/mol. The van der Waals surface area contributed by atoms with E-state index in [0.29, 0.717) is 22.7 Å². The quantitative estimate of drug-likeness (QED) is 0.856. The minimum Gasteiger partial charge on any atom is -0.497 e. The van der Waals surface area contributed by atoms with E-state index in [1.54, 1.807) is 62.7 Å². The molecule has 6 heteroatoms. The van der Waals surface area contributed by atoms with E-state index in [2.05, 4.69) is 10.6 Å². The van der Waals surface area contributed by atoms with Crippen LogP contribution in [0.4, 0.5) is 5.69 Å². The molecular weight excluding hydrogens is 296 g/mol. The van der Waals surface area contributed by atoms with Crippen LogP contribution in [0.5, 0.6) is 11.5 Å². The van der Waals surface area contributed by atoms with Crippen molar-refractivity contribution in [2.45, 2.75) is 0 Å². The van der Waals surface area contributed by atoms with Crippen molar-refractivity contribution in [2.24, 2.45) is 0 Å². The van der Waals surface area contributed by atoms with E-state index in [0.717, 1.165) is 0 Å². The highest BCUT2D eigenvalue weighted by atomic mass is 16.5. The van der Waals surface area contributed by atoms with Crippen LogP contribution in [0, 0.1) is 0 Å². The van der Waals surface area contributed by atoms with Gasteiger partial charge < -0.3 is 20.1 Å². The Balaban J connectivity index is 1.92. The van der Waals surface area contributed by atoms with Gasteiger partial charge in [-0.25, -0.2) is 0 Å². The molecule has 0 aliphatic rings. The molecule has 6 nitrogen and oxygen atoms in total. The van der Waals surface area contributed by atoms with Crippen LogP contribution >= 0.6 is 0 Å². The van der Waals surface area contributed by atoms with Crippen LogP contribution in [-0.2, 0) is 4.79 Å². The molecule has 0 unspecified atom stereocenters. The number of hydrogen-bond donors (Lipinski definition) is 2. The summed E-state index contributed by atoms with van der Waals surface area (Å²) in [5, 5.41) is 5.24. The zero-order valence-electron chi connectivity index (χ0n) is 13.0. The Kier molecular flexibility index (Phi) is 5.57. The van der Waals surface area contributed by atoms with E-state index in [1.165, 1.54) is 0 Å². The number of hydrogen-bond acceptors (Lipinski definition) is 4. The highest BCUT2D eigenvalue weighted by Crippen LogP contribution is 2.17. The number of carbonyl (C=O) groups is 2. The Bertz CT molecular complexity index is 700. The molecule has 0 spiro atoms. The number of ether oxygens (including phenoxy) is 2. The Labute approximate surface area is 134 Å². The molecule has 0 radical (unpaired) electrons. The number of nitrogens with one attached hydrogen (secondary N) is 2. The Morgan fingerprint density at radius 2 is 1.78 bits per heavy atom. The van der Waals surface area contributed by atoms with Gasteiger partial charge in [0.1, 0.15) is 11.5 Å². The second kappa shape index (κ2) is 7.84. The Hall–Kier alpha value is -3.02. The van der Waals surface area contributed by atoms with Gasteiger partial charge in [-0.05, 0) is 30.3 Å². The molecule has 0 aliphatic heterocycles. The van der Waals surface area contributed by atoms with Crippen LogP contribution < -0.4 is 20.1 Å². The molecule has 23 heavy (non-hydrogen) atoms. The monoisotopic (exact) mass is 314 g/mol. The maximum absolute atomic E-state index is 11.9. The summed E-state index contributed by atoms with van der Waals surface area (Å²) in [5.41, 5.74) is 1.09. The fraction of sp³-hybridized carbons (Fsp3) is 0.176. The van der Waals surface area contributed by atoms with Crippen LogP contribution in [0.2, 0.25) is 0 Å². The minimum absolute atomic E-state index is 0.158. The molecule has 0 aliphatic carbocycles. The molecule has 0 bridgehead atoms. The second-order valence-corrected chi connectivity index (χ2v) is 4.68. The molecular formula is C17H18N2O4. The third-order valence-corrected chi connectivity index (χ3v) is 3.05. The van der Waals surface area contributed by atoms with Gasteiger partial charge in [0.25, 0.3) is 11.8 Å². The summed E-state index contributed by atoms with van der Waals surface area (Å²) in [6.07, 6.45) is 0. The number of amides is 2. The van der Waals surface area contributed by atoms with Crippen LogP contribution in [0.15, 0.2) is 48.5 Å². The number of rotatable bonds is 6. The van der Waals surface area contributed by atoms with Crippen molar-refractivity contribution in [1.29, 1.82) is 0 Å². The van der Waals surface area contributed by atoms with Crippen LogP contribution in [0.25, 0.3) is 0 Å². The lowest BCUT2D eigenvalue weighted by atomic mass is 10.2. The Morgan fingerprint density at radius 3 is 2.52 bits per heavy atom. The topological polar surface area (TPSA) is 76.7 Å². The van der Waals surface area contributed by atoms with Crippen molar-refractivity contribution in [3.8, 4) is 11.5 Å². The summed E-state index contributed by atoms with van der Waals surface area (Å²) in [6.45, 7) is -0.158. The first-order chi connectivity index (χ1) is 11.1. The van der Waals surface area contributed by atoms with Gasteiger partial charge in [-0.15, -0.1) is 0 Å². The molecule has 2 aromatic rings. The van der Waals surface area contributed by atoms with Gasteiger partial charge in [0.2, 0.25) is 0 Å². The molecule has 120 valence electrons. The largest absolute Gasteiger partial charge is 0.497 e. The van der Waals surface area contributed by atoms with Crippen molar-refractivity contribution in [2.75, 3.05) is 26.1 Å². The maximum atomic E-state index is 11.9. The summed E-state index contributed by atoms with van der Waals surface area (Å²) in [6, 6.07) is 13.7. The number of methoxy groups -OCH3 is 1. The average Bonchev–Trinajstić information content (AvgIpc) is 2.59. The third-order valence-electron chi connectivity index (χ3n) is 3.05. The van der Waals surface area contributed by atoms with Gasteiger partial charge in [-0.2, -0.15) is 0 Å². The molecule has 0 heterocycles. The van der Waals surface area contributed by atoms with Crippen molar-refractivity contribution in [3.05, 3.63) is 54.1 Å². The van der Waals surface area contributed by atoms with Gasteiger partial charge in [0.05, 0.1) is 7.11 Å². The first-order valence-electron chi connectivity index (χ1n) is 7.01. The van der Waals surface area contributed by atoms with E-state index in [4.69, 9.17) is 9.47 Å². The summed E-state index contributed by atoms with van der Waals surface area (Å²) >= 11 is 0. The van der Waals surface area contributed by atoms with E-state index in [1.807, 2.05) is 0 Å². The van der Waals surface area contributed by atoms with Gasteiger partial charge in [-0.1, -0.05) is 12.1 Å². The smallest absolute Gasteiger partial charge is 0.262 e. The van der Waals surface area contributed by atoms with Crippen molar-refractivity contribution >= 4 is 17.5 Å². The normalized spacial score (nSPS) is 9.83. The molecule has 2 amide bonds. The van der Waals surface area contributed by atoms with Gasteiger partial charge in [-0.3, -0.25) is 9.59 Å². The highest BCUT2D eigenvalue weighted by Gasteiger charge is 2.07. The van der Waals surface area contributed by atoms with Crippen LogP contribution in [0.3, 0.4) is 0 Å². The summed E-state index contributed by atoms with van der Waals surface area (Å²) in [7, 11) is 3.11. The van der Waals surface area contributed by atoms with Gasteiger partial charge in [0.15, 0.2) is 6.61 Å². The second-order valence-electron chi connectivity index (χ2n) is 4.68. The van der Waals surface area contributed by atoms with Gasteiger partial charge >= 0.3 is 0 Å². The zero-order chi connectivity index (χ0) is 16.7. The SMILES string of the molecule is CNC(=O)c1cccc(OCC(=O)Nc2cccc(OC)c2)c1. The van der Waals surface area contributed by atoms with Crippen molar-refractivity contribution < 1.29 is 19.1 Å². The zero-order valence-corrected chi connectivity index (χ0v) is 13.0. The molecule has 0 aromatic heterocycles. The molecule has 2 rings (SSSR count). The van der Waals surface area contributed by atoms with Gasteiger partial charge in [0, 0.05) is 24.4 Å². The molecule has 0 saturated carbocycles. The standard InChI is InChI=1S/C17H18N2O4/c1-18-17(21)12-5-3-8-15(9-12)23-11-16(20)19-13-6-4-7-14(10-13)22-2/h3-10H,11H2,1-2H3,(H,18,21)(H,19,20). The van der Waals surface area contributed by atoms with Crippen molar-refractivity contribution in [3.63, 3.8) is 0 Å². The first-order valence-corrected chi connectivity index (χ1v) is 7.01. The highest BCUT2D eigenvalue weighted by molar-refractivity contribution is 5.94. The molecule has 0 fully saturated rings. The maximum Gasteiger partial charge on any atom is 0.262 e. The fourth-order valence-electron chi connectivity index (χ4n) is 1.92. The van der Waals surface area contributed by atoms with Crippen LogP contribution in [0.1, 0.15) is 10.4 Å². The summed E-state index contributed by atoms with van der Waals surface area (Å²) < 4.78 is 10.5. The predicted molar refractivity (Wildman–Crippen MR) is 87.0 cm³/mol. The number of benzene rings is 2. The van der Waals surface area contributed by atoms with E-state index in [9.17, 15) is 9.59 Å². The fourth-order valence-corrected chi connectivity index (χ4v) is 1.92.